The molecular formula is C17H22N2O6S. The van der Waals surface area contributed by atoms with Crippen LogP contribution in [0.4, 0.5) is 10.5 Å². The van der Waals surface area contributed by atoms with E-state index in [-0.39, 0.29) is 30.5 Å². The molecule has 9 heteroatoms. The second kappa shape index (κ2) is 11.9. The second-order valence-corrected chi connectivity index (χ2v) is 6.11. The van der Waals surface area contributed by atoms with Gasteiger partial charge in [0.15, 0.2) is 0 Å². The van der Waals surface area contributed by atoms with Gasteiger partial charge in [0.2, 0.25) is 11.8 Å². The molecule has 0 heterocycles. The van der Waals surface area contributed by atoms with Gasteiger partial charge in [0.25, 0.3) is 0 Å². The molecule has 0 spiro atoms. The third-order valence-corrected chi connectivity index (χ3v) is 4.04. The monoisotopic (exact) mass is 382 g/mol. The lowest BCUT2D eigenvalue weighted by molar-refractivity contribution is -0.143. The van der Waals surface area contributed by atoms with Crippen LogP contribution in [-0.2, 0) is 23.9 Å². The minimum atomic E-state index is -0.795. The Kier molecular flexibility index (Phi) is 9.85. The Morgan fingerprint density at radius 1 is 1.04 bits per heavy atom. The quantitative estimate of drug-likeness (QED) is 0.498. The van der Waals surface area contributed by atoms with Crippen molar-refractivity contribution in [1.82, 2.24) is 5.32 Å². The molecule has 0 bridgehead atoms. The van der Waals surface area contributed by atoms with E-state index in [0.717, 1.165) is 4.90 Å². The van der Waals surface area contributed by atoms with Crippen LogP contribution < -0.4 is 10.6 Å². The number of alkyl carbamates (subject to hydrolysis) is 1. The van der Waals surface area contributed by atoms with E-state index in [2.05, 4.69) is 15.4 Å². The highest BCUT2D eigenvalue weighted by atomic mass is 32.2. The fourth-order valence-corrected chi connectivity index (χ4v) is 2.53. The lowest BCUT2D eigenvalue weighted by atomic mass is 10.2. The van der Waals surface area contributed by atoms with Crippen molar-refractivity contribution >= 4 is 41.3 Å². The molecule has 0 aliphatic heterocycles. The van der Waals surface area contributed by atoms with E-state index in [4.69, 9.17) is 4.74 Å². The second-order valence-electron chi connectivity index (χ2n) is 5.06. The molecule has 0 radical (unpaired) electrons. The van der Waals surface area contributed by atoms with E-state index in [1.54, 1.807) is 31.2 Å². The molecule has 0 fully saturated rings. The van der Waals surface area contributed by atoms with Crippen LogP contribution in [0.3, 0.4) is 0 Å². The van der Waals surface area contributed by atoms with Gasteiger partial charge in [0.1, 0.15) is 0 Å². The maximum atomic E-state index is 11.8. The average molecular weight is 382 g/mol. The number of thioether (sulfide) groups is 1. The summed E-state index contributed by atoms with van der Waals surface area (Å²) in [6, 6.07) is 6.93. The minimum absolute atomic E-state index is 0.0642. The van der Waals surface area contributed by atoms with Gasteiger partial charge in [0, 0.05) is 23.4 Å². The fourth-order valence-electron chi connectivity index (χ4n) is 1.83. The Labute approximate surface area is 156 Å². The zero-order chi connectivity index (χ0) is 19.4. The highest BCUT2D eigenvalue weighted by Gasteiger charge is 2.09. The number of imide groups is 1. The van der Waals surface area contributed by atoms with Crippen molar-refractivity contribution < 1.29 is 28.7 Å². The Balaban J connectivity index is 2.33. The number of esters is 1. The molecule has 0 aromatic heterocycles. The number of amides is 3. The molecular weight excluding hydrogens is 360 g/mol. The molecule has 0 atom stereocenters. The molecule has 0 saturated carbocycles. The number of nitrogens with one attached hydrogen (secondary N) is 2. The number of rotatable bonds is 9. The van der Waals surface area contributed by atoms with E-state index in [9.17, 15) is 19.2 Å². The first kappa shape index (κ1) is 21.5. The van der Waals surface area contributed by atoms with Gasteiger partial charge in [-0.05, 0) is 37.6 Å². The van der Waals surface area contributed by atoms with Crippen LogP contribution in [0.2, 0.25) is 0 Å². The van der Waals surface area contributed by atoms with Gasteiger partial charge in [-0.25, -0.2) is 4.79 Å². The van der Waals surface area contributed by atoms with Crippen LogP contribution in [0.15, 0.2) is 29.2 Å². The highest BCUT2D eigenvalue weighted by molar-refractivity contribution is 8.00. The molecule has 0 aliphatic carbocycles. The zero-order valence-corrected chi connectivity index (χ0v) is 15.5. The molecule has 0 aliphatic rings. The maximum absolute atomic E-state index is 11.8. The fraction of sp³-hybridized carbons (Fsp3) is 0.412. The summed E-state index contributed by atoms with van der Waals surface area (Å²) in [5.41, 5.74) is 0.620. The van der Waals surface area contributed by atoms with Crippen molar-refractivity contribution in [3.8, 4) is 0 Å². The van der Waals surface area contributed by atoms with Crippen LogP contribution in [0.25, 0.3) is 0 Å². The molecule has 3 amide bonds. The van der Waals surface area contributed by atoms with E-state index in [1.165, 1.54) is 18.9 Å². The van der Waals surface area contributed by atoms with E-state index >= 15 is 0 Å². The van der Waals surface area contributed by atoms with Crippen molar-refractivity contribution in [2.75, 3.05) is 24.8 Å². The molecule has 0 saturated heterocycles. The number of methoxy groups -OCH3 is 1. The first-order chi connectivity index (χ1) is 12.4. The third-order valence-electron chi connectivity index (χ3n) is 3.02. The van der Waals surface area contributed by atoms with Crippen molar-refractivity contribution in [1.29, 1.82) is 0 Å². The third kappa shape index (κ3) is 9.07. The van der Waals surface area contributed by atoms with Gasteiger partial charge < -0.3 is 14.8 Å². The predicted molar refractivity (Wildman–Crippen MR) is 96.8 cm³/mol. The summed E-state index contributed by atoms with van der Waals surface area (Å²) >= 11 is 1.25. The van der Waals surface area contributed by atoms with Gasteiger partial charge >= 0.3 is 12.1 Å². The van der Waals surface area contributed by atoms with Gasteiger partial charge in [-0.2, -0.15) is 0 Å². The maximum Gasteiger partial charge on any atom is 0.413 e. The molecule has 1 aromatic rings. The topological polar surface area (TPSA) is 111 Å². The lowest BCUT2D eigenvalue weighted by Gasteiger charge is -2.07. The van der Waals surface area contributed by atoms with Crippen LogP contribution in [0.5, 0.6) is 0 Å². The average Bonchev–Trinajstić information content (AvgIpc) is 2.61. The number of anilines is 1. The van der Waals surface area contributed by atoms with Crippen molar-refractivity contribution in [3.05, 3.63) is 24.3 Å². The number of carbonyl (C=O) groups is 4. The number of carbonyl (C=O) groups excluding carboxylic acids is 4. The van der Waals surface area contributed by atoms with Crippen LogP contribution in [-0.4, -0.2) is 43.3 Å². The Hall–Kier alpha value is -2.55. The van der Waals surface area contributed by atoms with Gasteiger partial charge in [-0.15, -0.1) is 11.8 Å². The molecule has 2 N–H and O–H groups in total. The molecule has 0 unspecified atom stereocenters. The smallest absolute Gasteiger partial charge is 0.413 e. The lowest BCUT2D eigenvalue weighted by Crippen LogP contribution is -2.31. The minimum Gasteiger partial charge on any atom is -0.466 e. The van der Waals surface area contributed by atoms with E-state index in [0.29, 0.717) is 18.7 Å². The van der Waals surface area contributed by atoms with E-state index in [1.807, 2.05) is 0 Å². The van der Waals surface area contributed by atoms with Gasteiger partial charge in [-0.1, -0.05) is 0 Å². The Morgan fingerprint density at radius 2 is 1.73 bits per heavy atom. The molecule has 26 heavy (non-hydrogen) atoms. The number of ether oxygens (including phenoxy) is 2. The van der Waals surface area contributed by atoms with Crippen LogP contribution >= 0.6 is 11.8 Å². The van der Waals surface area contributed by atoms with E-state index < -0.39 is 12.0 Å². The van der Waals surface area contributed by atoms with Crippen molar-refractivity contribution in [2.24, 2.45) is 0 Å². The number of benzene rings is 1. The largest absolute Gasteiger partial charge is 0.466 e. The zero-order valence-electron chi connectivity index (χ0n) is 14.7. The highest BCUT2D eigenvalue weighted by Crippen LogP contribution is 2.20. The van der Waals surface area contributed by atoms with Crippen LogP contribution in [0.1, 0.15) is 26.2 Å². The summed E-state index contributed by atoms with van der Waals surface area (Å²) in [5, 5.41) is 4.79. The summed E-state index contributed by atoms with van der Waals surface area (Å²) in [6.07, 6.45) is 0.0677. The van der Waals surface area contributed by atoms with Crippen molar-refractivity contribution in [2.45, 2.75) is 31.1 Å². The molecule has 8 nitrogen and oxygen atoms in total. The summed E-state index contributed by atoms with van der Waals surface area (Å²) in [4.78, 5) is 46.2. The SMILES string of the molecule is CCOC(=O)CCCC(=O)Nc1ccc(SCC(=O)NC(=O)OC)cc1. The molecule has 1 aromatic carbocycles. The molecule has 142 valence electrons. The standard InChI is InChI=1S/C17H22N2O6S/c1-3-25-16(22)6-4-5-14(20)18-12-7-9-13(10-8-12)26-11-15(21)19-17(23)24-2/h7-10H,3-6,11H2,1-2H3,(H,18,20)(H,19,21,23). The number of hydrogen-bond acceptors (Lipinski definition) is 7. The van der Waals surface area contributed by atoms with Crippen LogP contribution in [0, 0.1) is 0 Å². The van der Waals surface area contributed by atoms with Gasteiger partial charge in [0.05, 0.1) is 19.5 Å². The first-order valence-electron chi connectivity index (χ1n) is 8.00. The Bertz CT molecular complexity index is 633. The Morgan fingerprint density at radius 3 is 2.35 bits per heavy atom. The first-order valence-corrected chi connectivity index (χ1v) is 8.99. The van der Waals surface area contributed by atoms with Gasteiger partial charge in [-0.3, -0.25) is 19.7 Å². The van der Waals surface area contributed by atoms with Crippen molar-refractivity contribution in [3.63, 3.8) is 0 Å². The number of hydrogen-bond donors (Lipinski definition) is 2. The summed E-state index contributed by atoms with van der Waals surface area (Å²) in [5.74, 6) is -0.889. The normalized spacial score (nSPS) is 9.92. The summed E-state index contributed by atoms with van der Waals surface area (Å²) in [6.45, 7) is 2.07. The molecule has 1 rings (SSSR count). The summed E-state index contributed by atoms with van der Waals surface area (Å²) in [7, 11) is 1.18. The summed E-state index contributed by atoms with van der Waals surface area (Å²) < 4.78 is 9.13. The predicted octanol–water partition coefficient (Wildman–Crippen LogP) is 2.33.